The van der Waals surface area contributed by atoms with Crippen molar-refractivity contribution in [1.82, 2.24) is 25.1 Å². The molecule has 41 heavy (non-hydrogen) atoms. The SMILES string of the molecule is CC(C(c1ccc(-c2ccc(C(C)(C)O)nn2)cc1)(c1ccc(OCc2ncccn2)cn1)S(C)(=O)=O)S(C)(=O)=O. The minimum Gasteiger partial charge on any atom is -0.484 e. The summed E-state index contributed by atoms with van der Waals surface area (Å²) in [5.74, 6) is 0.784. The van der Waals surface area contributed by atoms with Crippen LogP contribution in [-0.4, -0.2) is 64.9 Å². The van der Waals surface area contributed by atoms with E-state index < -0.39 is 35.3 Å². The maximum Gasteiger partial charge on any atom is 0.166 e. The second kappa shape index (κ2) is 11.2. The third-order valence-corrected chi connectivity index (χ3v) is 10.6. The van der Waals surface area contributed by atoms with Crippen molar-refractivity contribution in [3.05, 3.63) is 96.0 Å². The number of aliphatic hydroxyl groups is 1. The average Bonchev–Trinajstić information content (AvgIpc) is 2.92. The molecule has 0 saturated heterocycles. The molecule has 11 nitrogen and oxygen atoms in total. The largest absolute Gasteiger partial charge is 0.484 e. The summed E-state index contributed by atoms with van der Waals surface area (Å²) in [6.45, 7) is 4.64. The van der Waals surface area contributed by atoms with Crippen LogP contribution in [0.3, 0.4) is 0 Å². The Morgan fingerprint density at radius 2 is 1.49 bits per heavy atom. The molecule has 0 aliphatic carbocycles. The summed E-state index contributed by atoms with van der Waals surface area (Å²) in [5, 5.41) is 17.0. The fourth-order valence-corrected chi connectivity index (χ4v) is 8.11. The molecule has 0 bridgehead atoms. The Balaban J connectivity index is 1.78. The number of hydrogen-bond donors (Lipinski definition) is 1. The molecule has 4 rings (SSSR count). The van der Waals surface area contributed by atoms with E-state index in [-0.39, 0.29) is 17.9 Å². The van der Waals surface area contributed by atoms with Gasteiger partial charge in [-0.2, -0.15) is 10.2 Å². The van der Waals surface area contributed by atoms with Crippen molar-refractivity contribution in [3.8, 4) is 17.0 Å². The zero-order valence-electron chi connectivity index (χ0n) is 23.3. The first-order valence-electron chi connectivity index (χ1n) is 12.5. The van der Waals surface area contributed by atoms with Crippen molar-refractivity contribution in [1.29, 1.82) is 0 Å². The number of benzene rings is 1. The highest BCUT2D eigenvalue weighted by atomic mass is 32.2. The normalized spacial score (nSPS) is 14.7. The summed E-state index contributed by atoms with van der Waals surface area (Å²) in [4.78, 5) is 12.6. The Morgan fingerprint density at radius 3 is 1.98 bits per heavy atom. The molecule has 0 spiro atoms. The van der Waals surface area contributed by atoms with Crippen LogP contribution in [0.1, 0.15) is 43.5 Å². The van der Waals surface area contributed by atoms with E-state index in [0.717, 1.165) is 12.5 Å². The molecule has 3 heterocycles. The molecule has 0 saturated carbocycles. The Kier molecular flexibility index (Phi) is 8.25. The highest BCUT2D eigenvalue weighted by Crippen LogP contribution is 2.43. The second-order valence-corrected chi connectivity index (χ2v) is 14.8. The van der Waals surface area contributed by atoms with Crippen LogP contribution in [0.5, 0.6) is 5.75 Å². The van der Waals surface area contributed by atoms with Crippen molar-refractivity contribution in [3.63, 3.8) is 0 Å². The van der Waals surface area contributed by atoms with Gasteiger partial charge >= 0.3 is 0 Å². The summed E-state index contributed by atoms with van der Waals surface area (Å²) in [6.07, 6.45) is 6.53. The van der Waals surface area contributed by atoms with Gasteiger partial charge in [0.1, 0.15) is 18.0 Å². The van der Waals surface area contributed by atoms with Crippen molar-refractivity contribution >= 4 is 19.7 Å². The molecule has 4 aromatic rings. The molecule has 1 N–H and O–H groups in total. The topological polar surface area (TPSA) is 162 Å². The van der Waals surface area contributed by atoms with Crippen LogP contribution in [0.25, 0.3) is 11.3 Å². The van der Waals surface area contributed by atoms with E-state index in [2.05, 4.69) is 25.1 Å². The highest BCUT2D eigenvalue weighted by molar-refractivity contribution is 7.95. The van der Waals surface area contributed by atoms with Crippen molar-refractivity contribution < 1.29 is 26.7 Å². The standard InChI is InChI=1S/C28H31N5O6S2/c1-19(40(4,35)36)28(41(5,37)38,25-13-11-22(17-31-25)39-18-26-29-15-6-16-30-26)21-9-7-20(8-10-21)23-12-14-24(33-32-23)27(2,3)34/h6-17,19,34H,18H2,1-5H3. The van der Waals surface area contributed by atoms with Crippen LogP contribution in [0.4, 0.5) is 0 Å². The van der Waals surface area contributed by atoms with E-state index in [1.807, 2.05) is 0 Å². The Morgan fingerprint density at radius 1 is 0.854 bits per heavy atom. The maximum absolute atomic E-state index is 13.6. The van der Waals surface area contributed by atoms with Crippen molar-refractivity contribution in [2.24, 2.45) is 0 Å². The van der Waals surface area contributed by atoms with Crippen molar-refractivity contribution in [2.75, 3.05) is 12.5 Å². The second-order valence-electron chi connectivity index (χ2n) is 10.3. The Bertz CT molecular complexity index is 1710. The van der Waals surface area contributed by atoms with Gasteiger partial charge in [-0.05, 0) is 56.7 Å². The molecule has 0 aliphatic heterocycles. The summed E-state index contributed by atoms with van der Waals surface area (Å²) in [6, 6.07) is 14.4. The first kappa shape index (κ1) is 30.2. The number of hydrogen-bond acceptors (Lipinski definition) is 11. The molecule has 0 aliphatic rings. The summed E-state index contributed by atoms with van der Waals surface area (Å²) in [5.41, 5.74) is 0.607. The van der Waals surface area contributed by atoms with Crippen LogP contribution in [0.2, 0.25) is 0 Å². The lowest BCUT2D eigenvalue weighted by atomic mass is 9.90. The van der Waals surface area contributed by atoms with Gasteiger partial charge in [0.25, 0.3) is 0 Å². The zero-order valence-corrected chi connectivity index (χ0v) is 24.9. The minimum absolute atomic E-state index is 0.0308. The number of nitrogens with zero attached hydrogens (tertiary/aromatic N) is 5. The number of ether oxygens (including phenoxy) is 1. The lowest BCUT2D eigenvalue weighted by molar-refractivity contribution is 0.0729. The highest BCUT2D eigenvalue weighted by Gasteiger charge is 2.54. The smallest absolute Gasteiger partial charge is 0.166 e. The summed E-state index contributed by atoms with van der Waals surface area (Å²) in [7, 11) is -8.03. The van der Waals surface area contributed by atoms with Crippen molar-refractivity contribution in [2.45, 2.75) is 43.0 Å². The quantitative estimate of drug-likeness (QED) is 0.286. The first-order chi connectivity index (χ1) is 19.1. The monoisotopic (exact) mass is 597 g/mol. The van der Waals surface area contributed by atoms with Gasteiger partial charge in [-0.1, -0.05) is 24.3 Å². The van der Waals surface area contributed by atoms with E-state index >= 15 is 0 Å². The summed E-state index contributed by atoms with van der Waals surface area (Å²) < 4.78 is 56.8. The number of pyridine rings is 1. The number of sulfone groups is 2. The third-order valence-electron chi connectivity index (χ3n) is 6.80. The van der Waals surface area contributed by atoms with Crippen LogP contribution in [-0.2, 0) is 36.6 Å². The van der Waals surface area contributed by atoms with Gasteiger partial charge in [-0.25, -0.2) is 26.8 Å². The molecule has 2 unspecified atom stereocenters. The van der Waals surface area contributed by atoms with E-state index in [1.54, 1.807) is 68.7 Å². The number of aromatic nitrogens is 5. The molecule has 0 amide bonds. The molecule has 2 atom stereocenters. The van der Waals surface area contributed by atoms with Gasteiger partial charge in [0.05, 0.1) is 28.5 Å². The Labute approximate surface area is 239 Å². The molecule has 0 fully saturated rings. The van der Waals surface area contributed by atoms with E-state index in [4.69, 9.17) is 4.74 Å². The van der Waals surface area contributed by atoms with E-state index in [1.165, 1.54) is 25.3 Å². The lowest BCUT2D eigenvalue weighted by Gasteiger charge is -2.36. The van der Waals surface area contributed by atoms with Crippen LogP contribution in [0, 0.1) is 0 Å². The predicted octanol–water partition coefficient (Wildman–Crippen LogP) is 2.86. The molecule has 0 radical (unpaired) electrons. The number of rotatable bonds is 10. The minimum atomic E-state index is -4.14. The van der Waals surface area contributed by atoms with E-state index in [0.29, 0.717) is 28.5 Å². The lowest BCUT2D eigenvalue weighted by Crippen LogP contribution is -2.49. The maximum atomic E-state index is 13.6. The molecule has 216 valence electrons. The molecule has 1 aromatic carbocycles. The van der Waals surface area contributed by atoms with Crippen LogP contribution < -0.4 is 4.74 Å². The molecular formula is C28H31N5O6S2. The van der Waals surface area contributed by atoms with Crippen LogP contribution in [0.15, 0.2) is 73.2 Å². The molecular weight excluding hydrogens is 566 g/mol. The van der Waals surface area contributed by atoms with Gasteiger partial charge in [0.15, 0.2) is 30.2 Å². The Hall–Kier alpha value is -3.81. The fourth-order valence-electron chi connectivity index (χ4n) is 4.54. The average molecular weight is 598 g/mol. The molecule has 3 aromatic heterocycles. The third kappa shape index (κ3) is 6.26. The summed E-state index contributed by atoms with van der Waals surface area (Å²) >= 11 is 0. The van der Waals surface area contributed by atoms with Gasteiger partial charge < -0.3 is 9.84 Å². The van der Waals surface area contributed by atoms with Gasteiger partial charge in [-0.15, -0.1) is 0 Å². The van der Waals surface area contributed by atoms with Crippen LogP contribution >= 0.6 is 0 Å². The predicted molar refractivity (Wildman–Crippen MR) is 153 cm³/mol. The first-order valence-corrected chi connectivity index (χ1v) is 16.4. The molecule has 13 heteroatoms. The van der Waals surface area contributed by atoms with Gasteiger partial charge in [0, 0.05) is 30.5 Å². The van der Waals surface area contributed by atoms with Gasteiger partial charge in [-0.3, -0.25) is 4.98 Å². The van der Waals surface area contributed by atoms with E-state index in [9.17, 15) is 21.9 Å². The van der Waals surface area contributed by atoms with Gasteiger partial charge in [0.2, 0.25) is 0 Å². The fraction of sp³-hybridized carbons (Fsp3) is 0.321. The zero-order chi connectivity index (χ0) is 30.1.